The van der Waals surface area contributed by atoms with E-state index in [2.05, 4.69) is 10.3 Å². The molecule has 0 radical (unpaired) electrons. The van der Waals surface area contributed by atoms with Gasteiger partial charge < -0.3 is 19.9 Å². The van der Waals surface area contributed by atoms with Gasteiger partial charge in [-0.05, 0) is 36.4 Å². The van der Waals surface area contributed by atoms with Crippen LogP contribution in [0.15, 0.2) is 47.8 Å². The molecule has 0 aliphatic heterocycles. The van der Waals surface area contributed by atoms with Gasteiger partial charge in [-0.2, -0.15) is 0 Å². The lowest BCUT2D eigenvalue weighted by Crippen LogP contribution is -1.97. The molecule has 3 rings (SSSR count). The van der Waals surface area contributed by atoms with Crippen molar-refractivity contribution in [3.05, 3.63) is 53.4 Å². The largest absolute Gasteiger partial charge is 0.493 e. The third-order valence-electron chi connectivity index (χ3n) is 3.54. The van der Waals surface area contributed by atoms with E-state index in [9.17, 15) is 4.79 Å². The smallest absolute Gasteiger partial charge is 0.335 e. The van der Waals surface area contributed by atoms with Crippen molar-refractivity contribution in [3.8, 4) is 22.8 Å². The van der Waals surface area contributed by atoms with Gasteiger partial charge >= 0.3 is 5.97 Å². The van der Waals surface area contributed by atoms with Gasteiger partial charge in [-0.3, -0.25) is 0 Å². The molecular weight excluding hydrogens is 340 g/mol. The lowest BCUT2D eigenvalue weighted by Gasteiger charge is -2.08. The maximum absolute atomic E-state index is 11.0. The minimum atomic E-state index is -0.964. The van der Waals surface area contributed by atoms with Crippen molar-refractivity contribution in [2.45, 2.75) is 0 Å². The Morgan fingerprint density at radius 3 is 2.64 bits per heavy atom. The normalized spacial score (nSPS) is 10.3. The van der Waals surface area contributed by atoms with Crippen LogP contribution in [0.3, 0.4) is 0 Å². The fourth-order valence-corrected chi connectivity index (χ4v) is 3.05. The number of thiazole rings is 1. The van der Waals surface area contributed by atoms with E-state index in [0.29, 0.717) is 22.3 Å². The number of nitrogens with one attached hydrogen (secondary N) is 1. The number of rotatable bonds is 6. The Kier molecular flexibility index (Phi) is 4.85. The highest BCUT2D eigenvalue weighted by Crippen LogP contribution is 2.34. The number of hydrogen-bond donors (Lipinski definition) is 2. The van der Waals surface area contributed by atoms with Gasteiger partial charge in [0.05, 0.1) is 25.5 Å². The summed E-state index contributed by atoms with van der Waals surface area (Å²) in [5.41, 5.74) is 2.60. The molecule has 128 valence electrons. The van der Waals surface area contributed by atoms with Crippen molar-refractivity contribution in [1.29, 1.82) is 0 Å². The number of aromatic carboxylic acids is 1. The molecule has 0 spiro atoms. The Morgan fingerprint density at radius 2 is 1.92 bits per heavy atom. The minimum Gasteiger partial charge on any atom is -0.493 e. The van der Waals surface area contributed by atoms with E-state index < -0.39 is 5.97 Å². The summed E-state index contributed by atoms with van der Waals surface area (Å²) in [5, 5.41) is 14.8. The van der Waals surface area contributed by atoms with Gasteiger partial charge in [0.1, 0.15) is 0 Å². The Balaban J connectivity index is 1.83. The van der Waals surface area contributed by atoms with Crippen LogP contribution in [0.2, 0.25) is 0 Å². The summed E-state index contributed by atoms with van der Waals surface area (Å²) in [5.74, 6) is 0.329. The Hall–Kier alpha value is -3.06. The number of nitrogens with zero attached hydrogens (tertiary/aromatic N) is 1. The average molecular weight is 356 g/mol. The fourth-order valence-electron chi connectivity index (χ4n) is 2.31. The molecule has 0 aliphatic rings. The highest BCUT2D eigenvalue weighted by molar-refractivity contribution is 7.14. The summed E-state index contributed by atoms with van der Waals surface area (Å²) in [6, 6.07) is 12.2. The number of benzene rings is 2. The molecule has 1 heterocycles. The molecule has 2 N–H and O–H groups in total. The SMILES string of the molecule is COc1ccc(-c2csc(Nc3cccc(C(=O)O)c3)n2)cc1OC. The molecule has 0 atom stereocenters. The van der Waals surface area contributed by atoms with E-state index in [1.165, 1.54) is 11.3 Å². The van der Waals surface area contributed by atoms with Gasteiger partial charge in [0.2, 0.25) is 0 Å². The topological polar surface area (TPSA) is 80.7 Å². The van der Waals surface area contributed by atoms with Gasteiger partial charge in [0, 0.05) is 16.6 Å². The molecule has 3 aromatic rings. The van der Waals surface area contributed by atoms with E-state index in [1.807, 2.05) is 23.6 Å². The summed E-state index contributed by atoms with van der Waals surface area (Å²) in [6.07, 6.45) is 0. The molecule has 7 heteroatoms. The van der Waals surface area contributed by atoms with Crippen molar-refractivity contribution in [2.75, 3.05) is 19.5 Å². The zero-order valence-corrected chi connectivity index (χ0v) is 14.5. The van der Waals surface area contributed by atoms with Crippen LogP contribution in [0.25, 0.3) is 11.3 Å². The first kappa shape index (κ1) is 16.8. The Morgan fingerprint density at radius 1 is 1.12 bits per heavy atom. The van der Waals surface area contributed by atoms with Gasteiger partial charge in [-0.25, -0.2) is 9.78 Å². The van der Waals surface area contributed by atoms with Gasteiger partial charge in [0.25, 0.3) is 0 Å². The van der Waals surface area contributed by atoms with Crippen molar-refractivity contribution >= 4 is 28.1 Å². The van der Waals surface area contributed by atoms with E-state index in [1.54, 1.807) is 38.5 Å². The zero-order chi connectivity index (χ0) is 17.8. The van der Waals surface area contributed by atoms with Crippen LogP contribution in [0.5, 0.6) is 11.5 Å². The highest BCUT2D eigenvalue weighted by Gasteiger charge is 2.10. The number of anilines is 2. The summed E-state index contributed by atoms with van der Waals surface area (Å²) in [4.78, 5) is 15.6. The lowest BCUT2D eigenvalue weighted by molar-refractivity contribution is 0.0697. The van der Waals surface area contributed by atoms with Crippen molar-refractivity contribution in [3.63, 3.8) is 0 Å². The van der Waals surface area contributed by atoms with E-state index >= 15 is 0 Å². The summed E-state index contributed by atoms with van der Waals surface area (Å²) in [6.45, 7) is 0. The number of carbonyl (C=O) groups is 1. The monoisotopic (exact) mass is 356 g/mol. The molecule has 0 aliphatic carbocycles. The van der Waals surface area contributed by atoms with Gasteiger partial charge in [-0.15, -0.1) is 11.3 Å². The number of carboxylic acid groups (broad SMARTS) is 1. The number of carboxylic acids is 1. The quantitative estimate of drug-likeness (QED) is 0.686. The summed E-state index contributed by atoms with van der Waals surface area (Å²) < 4.78 is 10.6. The van der Waals surface area contributed by atoms with Crippen molar-refractivity contribution in [1.82, 2.24) is 4.98 Å². The van der Waals surface area contributed by atoms with Crippen LogP contribution in [-0.2, 0) is 0 Å². The second-order valence-corrected chi connectivity index (χ2v) is 5.98. The van der Waals surface area contributed by atoms with Crippen LogP contribution in [-0.4, -0.2) is 30.3 Å². The second-order valence-electron chi connectivity index (χ2n) is 5.12. The molecule has 0 fully saturated rings. The molecule has 0 unspecified atom stereocenters. The number of aromatic nitrogens is 1. The maximum Gasteiger partial charge on any atom is 0.335 e. The standard InChI is InChI=1S/C18H16N2O4S/c1-23-15-7-6-11(9-16(15)24-2)14-10-25-18(20-14)19-13-5-3-4-12(8-13)17(21)22/h3-10H,1-2H3,(H,19,20)(H,21,22). The Bertz CT molecular complexity index is 908. The lowest BCUT2D eigenvalue weighted by atomic mass is 10.1. The number of ether oxygens (including phenoxy) is 2. The molecule has 0 amide bonds. The van der Waals surface area contributed by atoms with Crippen LogP contribution in [0, 0.1) is 0 Å². The van der Waals surface area contributed by atoms with E-state index in [-0.39, 0.29) is 5.56 Å². The second kappa shape index (κ2) is 7.23. The molecule has 0 saturated carbocycles. The van der Waals surface area contributed by atoms with Crippen LogP contribution in [0.1, 0.15) is 10.4 Å². The molecular formula is C18H16N2O4S. The van der Waals surface area contributed by atoms with Gasteiger partial charge in [-0.1, -0.05) is 6.07 Å². The average Bonchev–Trinajstić information content (AvgIpc) is 3.09. The predicted octanol–water partition coefficient (Wildman–Crippen LogP) is 4.27. The van der Waals surface area contributed by atoms with E-state index in [0.717, 1.165) is 11.3 Å². The fraction of sp³-hybridized carbons (Fsp3) is 0.111. The minimum absolute atomic E-state index is 0.224. The first-order valence-corrected chi connectivity index (χ1v) is 8.27. The van der Waals surface area contributed by atoms with Crippen LogP contribution >= 0.6 is 11.3 Å². The third-order valence-corrected chi connectivity index (χ3v) is 4.30. The van der Waals surface area contributed by atoms with Crippen molar-refractivity contribution in [2.24, 2.45) is 0 Å². The molecule has 1 aromatic heterocycles. The maximum atomic E-state index is 11.0. The van der Waals surface area contributed by atoms with Crippen LogP contribution < -0.4 is 14.8 Å². The van der Waals surface area contributed by atoms with Gasteiger partial charge in [0.15, 0.2) is 16.6 Å². The first-order valence-electron chi connectivity index (χ1n) is 7.39. The number of hydrogen-bond acceptors (Lipinski definition) is 6. The summed E-state index contributed by atoms with van der Waals surface area (Å²) in [7, 11) is 3.18. The molecule has 0 saturated heterocycles. The van der Waals surface area contributed by atoms with E-state index in [4.69, 9.17) is 14.6 Å². The molecule has 25 heavy (non-hydrogen) atoms. The third kappa shape index (κ3) is 3.72. The number of methoxy groups -OCH3 is 2. The van der Waals surface area contributed by atoms with Crippen molar-refractivity contribution < 1.29 is 19.4 Å². The highest BCUT2D eigenvalue weighted by atomic mass is 32.1. The zero-order valence-electron chi connectivity index (χ0n) is 13.6. The Labute approximate surface area is 148 Å². The molecule has 2 aromatic carbocycles. The summed E-state index contributed by atoms with van der Waals surface area (Å²) >= 11 is 1.44. The predicted molar refractivity (Wildman–Crippen MR) is 97.3 cm³/mol. The first-order chi connectivity index (χ1) is 12.1. The molecule has 0 bridgehead atoms. The molecule has 6 nitrogen and oxygen atoms in total. The van der Waals surface area contributed by atoms with Crippen LogP contribution in [0.4, 0.5) is 10.8 Å².